The van der Waals surface area contributed by atoms with Gasteiger partial charge in [-0.15, -0.1) is 0 Å². The lowest BCUT2D eigenvalue weighted by molar-refractivity contribution is -0.257. The summed E-state index contributed by atoms with van der Waals surface area (Å²) in [4.78, 5) is 2.04. The van der Waals surface area contributed by atoms with E-state index in [-0.39, 0.29) is 23.1 Å². The number of likely N-dealkylation sites (tertiary alicyclic amines) is 1. The van der Waals surface area contributed by atoms with Gasteiger partial charge in [-0.3, -0.25) is 15.6 Å². The Morgan fingerprint density at radius 1 is 1.19 bits per heavy atom. The van der Waals surface area contributed by atoms with E-state index in [1.165, 1.54) is 6.07 Å². The summed E-state index contributed by atoms with van der Waals surface area (Å²) < 4.78 is 55.5. The number of piperidine rings is 1. The molecule has 0 saturated carbocycles. The quantitative estimate of drug-likeness (QED) is 0.562. The highest BCUT2D eigenvalue weighted by atomic mass is 19.4. The van der Waals surface area contributed by atoms with Gasteiger partial charge in [0.1, 0.15) is 17.5 Å². The van der Waals surface area contributed by atoms with E-state index in [2.05, 4.69) is 0 Å². The smallest absolute Gasteiger partial charge is 0.416 e. The molecule has 1 aliphatic rings. The first-order valence-corrected chi connectivity index (χ1v) is 8.76. The van der Waals surface area contributed by atoms with Gasteiger partial charge >= 0.3 is 6.18 Å². The first kappa shape index (κ1) is 21.7. The zero-order chi connectivity index (χ0) is 20.2. The number of rotatable bonds is 6. The lowest BCUT2D eigenvalue weighted by Crippen LogP contribution is -2.48. The number of ether oxygens (including phenoxy) is 3. The number of anilines is 1. The van der Waals surface area contributed by atoms with Gasteiger partial charge in [-0.2, -0.15) is 13.2 Å². The van der Waals surface area contributed by atoms with Gasteiger partial charge in [-0.25, -0.2) is 0 Å². The van der Waals surface area contributed by atoms with Gasteiger partial charge in [0, 0.05) is 20.2 Å². The molecule has 6 nitrogen and oxygen atoms in total. The van der Waals surface area contributed by atoms with E-state index in [4.69, 9.17) is 19.4 Å². The minimum atomic E-state index is -4.49. The molecule has 2 N–H and O–H groups in total. The van der Waals surface area contributed by atoms with Crippen LogP contribution in [0.4, 0.5) is 18.9 Å². The standard InChI is InChI=1S/C18H27F3N2O4/c1-17(2,3)27-16(25-4)23-9-7-13(8-10-23)26-15-6-5-12(18(19,20)21)11-14(15)22-24/h5-6,11,13,16,22,24H,7-10H2,1-4H3. The molecule has 1 unspecified atom stereocenters. The van der Waals surface area contributed by atoms with Crippen molar-refractivity contribution in [3.05, 3.63) is 23.8 Å². The van der Waals surface area contributed by atoms with Crippen molar-refractivity contribution in [3.63, 3.8) is 0 Å². The average Bonchev–Trinajstić information content (AvgIpc) is 2.59. The molecule has 1 aliphatic heterocycles. The molecule has 1 aromatic carbocycles. The molecular formula is C18H27F3N2O4. The fourth-order valence-corrected chi connectivity index (χ4v) is 2.85. The van der Waals surface area contributed by atoms with Crippen molar-refractivity contribution >= 4 is 5.69 Å². The maximum absolute atomic E-state index is 12.8. The third-order valence-corrected chi connectivity index (χ3v) is 4.15. The first-order chi connectivity index (χ1) is 12.5. The van der Waals surface area contributed by atoms with Crippen LogP contribution in [0.3, 0.4) is 0 Å². The number of nitrogens with zero attached hydrogens (tertiary/aromatic N) is 1. The van der Waals surface area contributed by atoms with Crippen LogP contribution in [0.2, 0.25) is 0 Å². The van der Waals surface area contributed by atoms with E-state index in [0.29, 0.717) is 25.9 Å². The van der Waals surface area contributed by atoms with Gasteiger partial charge in [-0.05, 0) is 51.8 Å². The third-order valence-electron chi connectivity index (χ3n) is 4.15. The number of hydrogen-bond acceptors (Lipinski definition) is 6. The minimum absolute atomic E-state index is 0.113. The average molecular weight is 392 g/mol. The van der Waals surface area contributed by atoms with Crippen LogP contribution in [-0.4, -0.2) is 48.4 Å². The molecule has 27 heavy (non-hydrogen) atoms. The summed E-state index contributed by atoms with van der Waals surface area (Å²) >= 11 is 0. The monoisotopic (exact) mass is 392 g/mol. The number of alkyl halides is 3. The molecule has 0 aliphatic carbocycles. The summed E-state index contributed by atoms with van der Waals surface area (Å²) in [7, 11) is 1.58. The maximum Gasteiger partial charge on any atom is 0.416 e. The van der Waals surface area contributed by atoms with Crippen molar-refractivity contribution in [1.29, 1.82) is 0 Å². The molecule has 0 bridgehead atoms. The second kappa shape index (κ2) is 8.64. The normalized spacial score (nSPS) is 18.4. The van der Waals surface area contributed by atoms with Crippen molar-refractivity contribution < 1.29 is 32.6 Å². The van der Waals surface area contributed by atoms with Gasteiger partial charge in [-0.1, -0.05) is 0 Å². The largest absolute Gasteiger partial charge is 0.488 e. The van der Waals surface area contributed by atoms with E-state index >= 15 is 0 Å². The fraction of sp³-hybridized carbons (Fsp3) is 0.667. The van der Waals surface area contributed by atoms with E-state index in [1.807, 2.05) is 25.7 Å². The molecule has 1 atom stereocenters. The van der Waals surface area contributed by atoms with Gasteiger partial charge in [0.05, 0.1) is 11.2 Å². The van der Waals surface area contributed by atoms with E-state index < -0.39 is 18.2 Å². The lowest BCUT2D eigenvalue weighted by atomic mass is 10.1. The highest BCUT2D eigenvalue weighted by molar-refractivity contribution is 5.57. The topological polar surface area (TPSA) is 63.2 Å². The predicted molar refractivity (Wildman–Crippen MR) is 93.7 cm³/mol. The molecule has 154 valence electrons. The van der Waals surface area contributed by atoms with Crippen LogP contribution >= 0.6 is 0 Å². The molecule has 0 spiro atoms. The van der Waals surface area contributed by atoms with E-state index in [9.17, 15) is 13.2 Å². The number of methoxy groups -OCH3 is 1. The number of hydrogen-bond donors (Lipinski definition) is 2. The second-order valence-electron chi connectivity index (χ2n) is 7.45. The van der Waals surface area contributed by atoms with Crippen molar-refractivity contribution in [2.75, 3.05) is 25.7 Å². The molecule has 0 radical (unpaired) electrons. The van der Waals surface area contributed by atoms with Crippen molar-refractivity contribution in [2.45, 2.75) is 57.9 Å². The Bertz CT molecular complexity index is 612. The fourth-order valence-electron chi connectivity index (χ4n) is 2.85. The summed E-state index contributed by atoms with van der Waals surface area (Å²) in [5.41, 5.74) is 0.462. The summed E-state index contributed by atoms with van der Waals surface area (Å²) in [6, 6.07) is 2.97. The van der Waals surface area contributed by atoms with E-state index in [0.717, 1.165) is 12.1 Å². The Hall–Kier alpha value is -1.55. The Balaban J connectivity index is 1.97. The Labute approximate surface area is 157 Å². The Kier molecular flexibility index (Phi) is 6.96. The zero-order valence-electron chi connectivity index (χ0n) is 16.0. The van der Waals surface area contributed by atoms with Crippen LogP contribution in [0.1, 0.15) is 39.2 Å². The van der Waals surface area contributed by atoms with Gasteiger partial charge in [0.25, 0.3) is 0 Å². The molecule has 1 fully saturated rings. The molecule has 0 amide bonds. The second-order valence-corrected chi connectivity index (χ2v) is 7.45. The van der Waals surface area contributed by atoms with Crippen LogP contribution in [0.5, 0.6) is 5.75 Å². The zero-order valence-corrected chi connectivity index (χ0v) is 16.0. The highest BCUT2D eigenvalue weighted by Crippen LogP contribution is 2.36. The predicted octanol–water partition coefficient (Wildman–Crippen LogP) is 4.09. The summed E-state index contributed by atoms with van der Waals surface area (Å²) in [5, 5.41) is 9.15. The molecule has 2 rings (SSSR count). The molecule has 0 aromatic heterocycles. The number of halogens is 3. The van der Waals surface area contributed by atoms with Gasteiger partial charge in [0.2, 0.25) is 6.41 Å². The maximum atomic E-state index is 12.8. The van der Waals surface area contributed by atoms with Crippen LogP contribution in [-0.2, 0) is 15.7 Å². The van der Waals surface area contributed by atoms with Crippen LogP contribution in [0.25, 0.3) is 0 Å². The number of benzene rings is 1. The molecular weight excluding hydrogens is 365 g/mol. The number of nitrogens with one attached hydrogen (secondary N) is 1. The van der Waals surface area contributed by atoms with Gasteiger partial charge < -0.3 is 14.2 Å². The van der Waals surface area contributed by atoms with Crippen LogP contribution < -0.4 is 10.2 Å². The molecule has 1 aromatic rings. The lowest BCUT2D eigenvalue weighted by Gasteiger charge is -2.38. The van der Waals surface area contributed by atoms with E-state index in [1.54, 1.807) is 12.6 Å². The molecule has 1 heterocycles. The molecule has 1 saturated heterocycles. The summed E-state index contributed by atoms with van der Waals surface area (Å²) in [6.45, 7) is 7.15. The van der Waals surface area contributed by atoms with Crippen molar-refractivity contribution in [2.24, 2.45) is 0 Å². The highest BCUT2D eigenvalue weighted by Gasteiger charge is 2.32. The Morgan fingerprint density at radius 2 is 1.81 bits per heavy atom. The Morgan fingerprint density at radius 3 is 2.30 bits per heavy atom. The van der Waals surface area contributed by atoms with Crippen LogP contribution in [0.15, 0.2) is 18.2 Å². The summed E-state index contributed by atoms with van der Waals surface area (Å²) in [6.07, 6.45) is -3.83. The van der Waals surface area contributed by atoms with Gasteiger partial charge in [0.15, 0.2) is 0 Å². The van der Waals surface area contributed by atoms with Crippen molar-refractivity contribution in [1.82, 2.24) is 4.90 Å². The minimum Gasteiger partial charge on any atom is -0.488 e. The SMILES string of the molecule is COC(OC(C)(C)C)N1CCC(Oc2ccc(C(F)(F)F)cc2NO)CC1. The summed E-state index contributed by atoms with van der Waals surface area (Å²) in [5.74, 6) is 0.179. The molecule has 9 heteroatoms. The first-order valence-electron chi connectivity index (χ1n) is 8.76. The third kappa shape index (κ3) is 6.24. The van der Waals surface area contributed by atoms with Crippen LogP contribution in [0, 0.1) is 0 Å². The van der Waals surface area contributed by atoms with Crippen molar-refractivity contribution in [3.8, 4) is 5.75 Å².